The van der Waals surface area contributed by atoms with Gasteiger partial charge >= 0.3 is 0 Å². The van der Waals surface area contributed by atoms with E-state index in [1.165, 1.54) is 22.4 Å². The number of nitrogens with one attached hydrogen (secondary N) is 1. The van der Waals surface area contributed by atoms with E-state index in [0.717, 1.165) is 11.4 Å². The molecular weight excluding hydrogens is 316 g/mol. The van der Waals surface area contributed by atoms with Gasteiger partial charge in [0.15, 0.2) is 0 Å². The second-order valence-electron chi connectivity index (χ2n) is 7.91. The van der Waals surface area contributed by atoms with Crippen molar-refractivity contribution in [3.63, 3.8) is 0 Å². The fourth-order valence-electron chi connectivity index (χ4n) is 3.09. The van der Waals surface area contributed by atoms with Gasteiger partial charge in [-0.1, -0.05) is 69.3 Å². The van der Waals surface area contributed by atoms with Crippen LogP contribution in [0.5, 0.6) is 0 Å². The summed E-state index contributed by atoms with van der Waals surface area (Å²) in [5.41, 5.74) is 7.31. The summed E-state index contributed by atoms with van der Waals surface area (Å²) in [5.74, 6) is 0. The Kier molecular flexibility index (Phi) is 5.03. The van der Waals surface area contributed by atoms with E-state index < -0.39 is 0 Å². The van der Waals surface area contributed by atoms with Crippen LogP contribution in [0.1, 0.15) is 26.3 Å². The van der Waals surface area contributed by atoms with E-state index in [9.17, 15) is 0 Å². The minimum atomic E-state index is 0.115. The van der Waals surface area contributed by atoms with Crippen LogP contribution in [0.4, 0.5) is 17.1 Å². The van der Waals surface area contributed by atoms with E-state index in [0.29, 0.717) is 0 Å². The summed E-state index contributed by atoms with van der Waals surface area (Å²) in [6, 6.07) is 25.7. The van der Waals surface area contributed by atoms with Crippen LogP contribution in [0.15, 0.2) is 72.8 Å². The fraction of sp³-hybridized carbons (Fsp3) is 0.250. The van der Waals surface area contributed by atoms with Crippen LogP contribution in [-0.4, -0.2) is 14.1 Å². The molecule has 0 atom stereocenters. The van der Waals surface area contributed by atoms with Crippen molar-refractivity contribution in [2.45, 2.75) is 26.2 Å². The molecule has 26 heavy (non-hydrogen) atoms. The van der Waals surface area contributed by atoms with Crippen LogP contribution < -0.4 is 10.2 Å². The zero-order valence-electron chi connectivity index (χ0n) is 16.4. The molecule has 0 saturated heterocycles. The van der Waals surface area contributed by atoms with Crippen LogP contribution in [0.3, 0.4) is 0 Å². The van der Waals surface area contributed by atoms with Crippen molar-refractivity contribution < 1.29 is 0 Å². The predicted octanol–water partition coefficient (Wildman–Crippen LogP) is 6.46. The average molecular weight is 345 g/mol. The van der Waals surface area contributed by atoms with Crippen molar-refractivity contribution in [2.75, 3.05) is 24.3 Å². The summed E-state index contributed by atoms with van der Waals surface area (Å²) < 4.78 is 0. The molecule has 0 spiro atoms. The number of benzene rings is 3. The predicted molar refractivity (Wildman–Crippen MR) is 115 cm³/mol. The average Bonchev–Trinajstić information content (AvgIpc) is 2.62. The third-order valence-electron chi connectivity index (χ3n) is 4.63. The standard InChI is InChI=1S/C24H28N2/c1-24(2,3)19-15-16-21(20(17-19)18-11-7-6-8-12-18)25-22-13-9-10-14-23(22)26(4)5/h6-17,25H,1-5H3. The molecule has 0 amide bonds. The van der Waals surface area contributed by atoms with Crippen LogP contribution >= 0.6 is 0 Å². The number of para-hydroxylation sites is 2. The Balaban J connectivity index is 2.10. The summed E-state index contributed by atoms with van der Waals surface area (Å²) in [7, 11) is 4.14. The molecule has 3 rings (SSSR count). The molecule has 2 heteroatoms. The summed E-state index contributed by atoms with van der Waals surface area (Å²) in [6.45, 7) is 6.77. The molecular formula is C24H28N2. The maximum Gasteiger partial charge on any atom is 0.0622 e. The van der Waals surface area contributed by atoms with E-state index in [2.05, 4.69) is 118 Å². The minimum absolute atomic E-state index is 0.115. The number of hydrogen-bond donors (Lipinski definition) is 1. The molecule has 0 saturated carbocycles. The van der Waals surface area contributed by atoms with E-state index in [4.69, 9.17) is 0 Å². The molecule has 0 aliphatic heterocycles. The Hall–Kier alpha value is -2.74. The Bertz CT molecular complexity index is 874. The second-order valence-corrected chi connectivity index (χ2v) is 7.91. The van der Waals surface area contributed by atoms with Crippen molar-refractivity contribution in [1.82, 2.24) is 0 Å². The first-order valence-corrected chi connectivity index (χ1v) is 9.09. The highest BCUT2D eigenvalue weighted by Gasteiger charge is 2.17. The maximum absolute atomic E-state index is 3.66. The van der Waals surface area contributed by atoms with Gasteiger partial charge in [0.2, 0.25) is 0 Å². The summed E-state index contributed by atoms with van der Waals surface area (Å²) >= 11 is 0. The first-order valence-electron chi connectivity index (χ1n) is 9.09. The van der Waals surface area contributed by atoms with E-state index in [1.54, 1.807) is 0 Å². The first-order chi connectivity index (χ1) is 12.4. The van der Waals surface area contributed by atoms with Gasteiger partial charge in [0.1, 0.15) is 0 Å². The van der Waals surface area contributed by atoms with Gasteiger partial charge in [-0.3, -0.25) is 0 Å². The zero-order chi connectivity index (χ0) is 18.7. The molecule has 0 heterocycles. The minimum Gasteiger partial charge on any atom is -0.376 e. The summed E-state index contributed by atoms with van der Waals surface area (Å²) in [4.78, 5) is 2.13. The highest BCUT2D eigenvalue weighted by molar-refractivity contribution is 5.85. The quantitative estimate of drug-likeness (QED) is 0.584. The molecule has 3 aromatic carbocycles. The Morgan fingerprint density at radius 2 is 1.38 bits per heavy atom. The molecule has 0 radical (unpaired) electrons. The Morgan fingerprint density at radius 3 is 2.04 bits per heavy atom. The number of hydrogen-bond acceptors (Lipinski definition) is 2. The molecule has 0 aliphatic carbocycles. The lowest BCUT2D eigenvalue weighted by molar-refractivity contribution is 0.590. The van der Waals surface area contributed by atoms with Crippen molar-refractivity contribution in [2.24, 2.45) is 0 Å². The van der Waals surface area contributed by atoms with Crippen molar-refractivity contribution in [3.05, 3.63) is 78.4 Å². The monoisotopic (exact) mass is 344 g/mol. The maximum atomic E-state index is 3.66. The van der Waals surface area contributed by atoms with Gasteiger partial charge in [-0.25, -0.2) is 0 Å². The van der Waals surface area contributed by atoms with Crippen LogP contribution in [-0.2, 0) is 5.41 Å². The van der Waals surface area contributed by atoms with E-state index >= 15 is 0 Å². The molecule has 0 bridgehead atoms. The van der Waals surface area contributed by atoms with Crippen molar-refractivity contribution in [1.29, 1.82) is 0 Å². The molecule has 1 N–H and O–H groups in total. The third-order valence-corrected chi connectivity index (χ3v) is 4.63. The van der Waals surface area contributed by atoms with Gasteiger partial charge in [0.25, 0.3) is 0 Å². The van der Waals surface area contributed by atoms with Crippen LogP contribution in [0, 0.1) is 0 Å². The SMILES string of the molecule is CN(C)c1ccccc1Nc1ccc(C(C)(C)C)cc1-c1ccccc1. The van der Waals surface area contributed by atoms with Crippen LogP contribution in [0.2, 0.25) is 0 Å². The Morgan fingerprint density at radius 1 is 0.731 bits per heavy atom. The number of nitrogens with zero attached hydrogens (tertiary/aromatic N) is 1. The van der Waals surface area contributed by atoms with Gasteiger partial charge < -0.3 is 10.2 Å². The first kappa shape index (κ1) is 18.1. The third kappa shape index (κ3) is 3.91. The Labute approximate surface area is 157 Å². The van der Waals surface area contributed by atoms with Gasteiger partial charge in [-0.2, -0.15) is 0 Å². The topological polar surface area (TPSA) is 15.3 Å². The lowest BCUT2D eigenvalue weighted by atomic mass is 9.85. The molecule has 3 aromatic rings. The van der Waals surface area contributed by atoms with Crippen molar-refractivity contribution >= 4 is 17.1 Å². The number of rotatable bonds is 4. The summed E-state index contributed by atoms with van der Waals surface area (Å²) in [6.07, 6.45) is 0. The highest BCUT2D eigenvalue weighted by atomic mass is 15.1. The lowest BCUT2D eigenvalue weighted by Gasteiger charge is -2.23. The smallest absolute Gasteiger partial charge is 0.0622 e. The fourth-order valence-corrected chi connectivity index (χ4v) is 3.09. The van der Waals surface area contributed by atoms with E-state index in [-0.39, 0.29) is 5.41 Å². The van der Waals surface area contributed by atoms with E-state index in [1.807, 2.05) is 0 Å². The largest absolute Gasteiger partial charge is 0.376 e. The van der Waals surface area contributed by atoms with Crippen molar-refractivity contribution in [3.8, 4) is 11.1 Å². The molecule has 0 aromatic heterocycles. The normalized spacial score (nSPS) is 11.3. The highest BCUT2D eigenvalue weighted by Crippen LogP contribution is 2.36. The van der Waals surface area contributed by atoms with Crippen LogP contribution in [0.25, 0.3) is 11.1 Å². The van der Waals surface area contributed by atoms with Gasteiger partial charge in [0.05, 0.1) is 11.4 Å². The van der Waals surface area contributed by atoms with Gasteiger partial charge in [-0.15, -0.1) is 0 Å². The molecule has 2 nitrogen and oxygen atoms in total. The van der Waals surface area contributed by atoms with Gasteiger partial charge in [0, 0.05) is 25.3 Å². The zero-order valence-corrected chi connectivity index (χ0v) is 16.4. The summed E-state index contributed by atoms with van der Waals surface area (Å²) in [5, 5.41) is 3.66. The number of anilines is 3. The lowest BCUT2D eigenvalue weighted by Crippen LogP contribution is -2.12. The second kappa shape index (κ2) is 7.25. The molecule has 0 unspecified atom stereocenters. The molecule has 0 aliphatic rings. The van der Waals surface area contributed by atoms with Gasteiger partial charge in [-0.05, 0) is 40.8 Å². The molecule has 0 fully saturated rings. The molecule has 134 valence electrons.